The number of carbonyl (C=O) groups is 1. The molecule has 1 aromatic heterocycles. The summed E-state index contributed by atoms with van der Waals surface area (Å²) >= 11 is 0. The molecule has 5 heteroatoms. The molecule has 0 bridgehead atoms. The molecule has 0 aliphatic heterocycles. The number of hydrogen-bond acceptors (Lipinski definition) is 3. The van der Waals surface area contributed by atoms with Crippen molar-refractivity contribution in [1.29, 1.82) is 0 Å². The number of imidazole rings is 1. The van der Waals surface area contributed by atoms with E-state index < -0.39 is 12.0 Å². The zero-order valence-electron chi connectivity index (χ0n) is 10.6. The summed E-state index contributed by atoms with van der Waals surface area (Å²) in [5.41, 5.74) is 0.776. The molecule has 0 saturated carbocycles. The summed E-state index contributed by atoms with van der Waals surface area (Å²) in [6.07, 6.45) is 6.24. The van der Waals surface area contributed by atoms with Crippen LogP contribution < -0.4 is 5.32 Å². The van der Waals surface area contributed by atoms with Crippen molar-refractivity contribution in [2.75, 3.05) is 6.54 Å². The van der Waals surface area contributed by atoms with E-state index in [1.807, 2.05) is 41.1 Å². The second kappa shape index (κ2) is 6.70. The van der Waals surface area contributed by atoms with Crippen molar-refractivity contribution < 1.29 is 9.90 Å². The van der Waals surface area contributed by atoms with Gasteiger partial charge in [-0.25, -0.2) is 4.98 Å². The van der Waals surface area contributed by atoms with Crippen molar-refractivity contribution in [2.24, 2.45) is 0 Å². The molecule has 5 nitrogen and oxygen atoms in total. The van der Waals surface area contributed by atoms with Crippen LogP contribution in [0, 0.1) is 0 Å². The van der Waals surface area contributed by atoms with Gasteiger partial charge in [-0.05, 0) is 18.5 Å². The molecule has 19 heavy (non-hydrogen) atoms. The average Bonchev–Trinajstić information content (AvgIpc) is 2.92. The normalized spacial score (nSPS) is 12.2. The summed E-state index contributed by atoms with van der Waals surface area (Å²) in [6.45, 7) is 1.47. The quantitative estimate of drug-likeness (QED) is 0.742. The number of aryl methyl sites for hydroxylation is 1. The van der Waals surface area contributed by atoms with Gasteiger partial charge in [-0.15, -0.1) is 0 Å². The summed E-state index contributed by atoms with van der Waals surface area (Å²) < 4.78 is 1.97. The van der Waals surface area contributed by atoms with Crippen LogP contribution in [-0.4, -0.2) is 27.2 Å². The third-order valence-electron chi connectivity index (χ3n) is 2.88. The van der Waals surface area contributed by atoms with Crippen LogP contribution in [0.25, 0.3) is 0 Å². The van der Waals surface area contributed by atoms with Crippen LogP contribution in [0.1, 0.15) is 18.0 Å². The van der Waals surface area contributed by atoms with Gasteiger partial charge in [0.25, 0.3) is 0 Å². The fourth-order valence-electron chi connectivity index (χ4n) is 1.92. The van der Waals surface area contributed by atoms with Gasteiger partial charge in [-0.3, -0.25) is 4.79 Å². The molecule has 0 saturated heterocycles. The molecule has 0 spiro atoms. The number of nitrogens with one attached hydrogen (secondary N) is 1. The fourth-order valence-corrected chi connectivity index (χ4v) is 1.92. The molecule has 1 unspecified atom stereocenters. The smallest absolute Gasteiger partial charge is 0.325 e. The van der Waals surface area contributed by atoms with Crippen LogP contribution in [0.4, 0.5) is 0 Å². The molecule has 2 N–H and O–H groups in total. The largest absolute Gasteiger partial charge is 0.480 e. The van der Waals surface area contributed by atoms with E-state index in [0.29, 0.717) is 6.54 Å². The lowest BCUT2D eigenvalue weighted by atomic mass is 10.1. The molecule has 0 radical (unpaired) electrons. The van der Waals surface area contributed by atoms with E-state index in [9.17, 15) is 9.90 Å². The Labute approximate surface area is 111 Å². The minimum Gasteiger partial charge on any atom is -0.480 e. The van der Waals surface area contributed by atoms with Gasteiger partial charge in [-0.1, -0.05) is 30.3 Å². The average molecular weight is 259 g/mol. The van der Waals surface area contributed by atoms with Crippen molar-refractivity contribution in [1.82, 2.24) is 14.9 Å². The summed E-state index contributed by atoms with van der Waals surface area (Å²) in [6, 6.07) is 8.56. The lowest BCUT2D eigenvalue weighted by Gasteiger charge is -2.14. The molecule has 1 aromatic carbocycles. The van der Waals surface area contributed by atoms with Crippen LogP contribution in [-0.2, 0) is 11.3 Å². The molecular weight excluding hydrogens is 242 g/mol. The molecule has 0 amide bonds. The highest BCUT2D eigenvalue weighted by Crippen LogP contribution is 2.12. The van der Waals surface area contributed by atoms with Crippen LogP contribution in [0.3, 0.4) is 0 Å². The Bertz CT molecular complexity index is 497. The lowest BCUT2D eigenvalue weighted by molar-refractivity contribution is -0.139. The van der Waals surface area contributed by atoms with Crippen molar-refractivity contribution in [2.45, 2.75) is 19.0 Å². The first kappa shape index (κ1) is 13.3. The number of aliphatic carboxylic acids is 1. The molecule has 0 aliphatic rings. The van der Waals surface area contributed by atoms with Crippen molar-refractivity contribution >= 4 is 5.97 Å². The Kier molecular flexibility index (Phi) is 4.69. The van der Waals surface area contributed by atoms with Crippen LogP contribution >= 0.6 is 0 Å². The summed E-state index contributed by atoms with van der Waals surface area (Å²) in [4.78, 5) is 15.2. The number of hydrogen-bond donors (Lipinski definition) is 2. The van der Waals surface area contributed by atoms with Gasteiger partial charge in [0, 0.05) is 18.9 Å². The standard InChI is InChI=1S/C14H17N3O2/c18-14(19)13(12-5-2-1-3-6-12)16-7-4-9-17-10-8-15-11-17/h1-3,5-6,8,10-11,13,16H,4,7,9H2,(H,18,19). The van der Waals surface area contributed by atoms with Gasteiger partial charge in [0.15, 0.2) is 0 Å². The van der Waals surface area contributed by atoms with Gasteiger partial charge in [0.05, 0.1) is 6.33 Å². The summed E-state index contributed by atoms with van der Waals surface area (Å²) in [5, 5.41) is 12.3. The topological polar surface area (TPSA) is 67.2 Å². The first-order valence-electron chi connectivity index (χ1n) is 6.24. The Balaban J connectivity index is 1.83. The van der Waals surface area contributed by atoms with Gasteiger partial charge in [-0.2, -0.15) is 0 Å². The van der Waals surface area contributed by atoms with E-state index in [4.69, 9.17) is 0 Å². The van der Waals surface area contributed by atoms with E-state index in [0.717, 1.165) is 18.5 Å². The first-order chi connectivity index (χ1) is 9.27. The highest BCUT2D eigenvalue weighted by atomic mass is 16.4. The number of nitrogens with zero attached hydrogens (tertiary/aromatic N) is 2. The molecule has 0 fully saturated rings. The second-order valence-electron chi connectivity index (χ2n) is 4.29. The van der Waals surface area contributed by atoms with E-state index in [2.05, 4.69) is 10.3 Å². The molecule has 2 aromatic rings. The number of benzene rings is 1. The van der Waals surface area contributed by atoms with Gasteiger partial charge >= 0.3 is 5.97 Å². The Morgan fingerprint density at radius 1 is 1.37 bits per heavy atom. The lowest BCUT2D eigenvalue weighted by Crippen LogP contribution is -2.29. The highest BCUT2D eigenvalue weighted by Gasteiger charge is 2.17. The number of carboxylic acid groups (broad SMARTS) is 1. The summed E-state index contributed by atoms with van der Waals surface area (Å²) in [5.74, 6) is -0.853. The molecule has 100 valence electrons. The molecule has 1 atom stereocenters. The minimum atomic E-state index is -0.853. The maximum atomic E-state index is 11.2. The third kappa shape index (κ3) is 3.93. The van der Waals surface area contributed by atoms with E-state index in [1.165, 1.54) is 0 Å². The zero-order chi connectivity index (χ0) is 13.5. The third-order valence-corrected chi connectivity index (χ3v) is 2.88. The Morgan fingerprint density at radius 2 is 2.16 bits per heavy atom. The number of rotatable bonds is 7. The zero-order valence-corrected chi connectivity index (χ0v) is 10.6. The van der Waals surface area contributed by atoms with Gasteiger partial charge in [0.2, 0.25) is 0 Å². The van der Waals surface area contributed by atoms with Crippen molar-refractivity contribution in [3.63, 3.8) is 0 Å². The SMILES string of the molecule is O=C(O)C(NCCCn1ccnc1)c1ccccc1. The van der Waals surface area contributed by atoms with E-state index >= 15 is 0 Å². The fraction of sp³-hybridized carbons (Fsp3) is 0.286. The molecule has 1 heterocycles. The predicted octanol–water partition coefficient (Wildman–Crippen LogP) is 1.69. The minimum absolute atomic E-state index is 0.643. The molecular formula is C14H17N3O2. The monoisotopic (exact) mass is 259 g/mol. The maximum absolute atomic E-state index is 11.2. The Hall–Kier alpha value is -2.14. The Morgan fingerprint density at radius 3 is 2.79 bits per heavy atom. The highest BCUT2D eigenvalue weighted by molar-refractivity contribution is 5.75. The van der Waals surface area contributed by atoms with Gasteiger partial charge < -0.3 is 15.0 Å². The van der Waals surface area contributed by atoms with E-state index in [-0.39, 0.29) is 0 Å². The predicted molar refractivity (Wildman–Crippen MR) is 71.7 cm³/mol. The van der Waals surface area contributed by atoms with E-state index in [1.54, 1.807) is 12.5 Å². The van der Waals surface area contributed by atoms with Crippen molar-refractivity contribution in [3.05, 3.63) is 54.6 Å². The van der Waals surface area contributed by atoms with Crippen LogP contribution in [0.15, 0.2) is 49.1 Å². The van der Waals surface area contributed by atoms with Crippen LogP contribution in [0.5, 0.6) is 0 Å². The summed E-state index contributed by atoms with van der Waals surface area (Å²) in [7, 11) is 0. The molecule has 0 aliphatic carbocycles. The van der Waals surface area contributed by atoms with Crippen molar-refractivity contribution in [3.8, 4) is 0 Å². The second-order valence-corrected chi connectivity index (χ2v) is 4.29. The van der Waals surface area contributed by atoms with Gasteiger partial charge in [0.1, 0.15) is 6.04 Å². The maximum Gasteiger partial charge on any atom is 0.325 e. The molecule has 2 rings (SSSR count). The first-order valence-corrected chi connectivity index (χ1v) is 6.24. The number of aromatic nitrogens is 2. The van der Waals surface area contributed by atoms with Crippen LogP contribution in [0.2, 0.25) is 0 Å². The number of carboxylic acids is 1.